The molecule has 0 aromatic heterocycles. The zero-order chi connectivity index (χ0) is 16.8. The molecule has 0 fully saturated rings. The standard InChI is InChI=1S/C21H44N2/c1-2-3-4-5-6-7-8-9-10-11-12-13-14-15-16-17-18-20-23-21-19-22/h18,20,23H,2-17,19,21-22H2,1H3/b20-18+. The molecule has 2 heteroatoms. The Bertz CT molecular complexity index is 226. The van der Waals surface area contributed by atoms with Crippen LogP contribution in [0.3, 0.4) is 0 Å². The van der Waals surface area contributed by atoms with E-state index in [1.807, 2.05) is 0 Å². The van der Waals surface area contributed by atoms with E-state index < -0.39 is 0 Å². The molecule has 0 bridgehead atoms. The summed E-state index contributed by atoms with van der Waals surface area (Å²) in [5.41, 5.74) is 5.41. The average molecular weight is 325 g/mol. The first-order chi connectivity index (χ1) is 11.4. The van der Waals surface area contributed by atoms with E-state index in [4.69, 9.17) is 5.73 Å². The number of hydrogen-bond acceptors (Lipinski definition) is 2. The molecule has 0 atom stereocenters. The third kappa shape index (κ3) is 21.5. The van der Waals surface area contributed by atoms with Gasteiger partial charge in [-0.15, -0.1) is 0 Å². The van der Waals surface area contributed by atoms with Gasteiger partial charge in [-0.1, -0.05) is 103 Å². The topological polar surface area (TPSA) is 38.0 Å². The number of unbranched alkanes of at least 4 members (excludes halogenated alkanes) is 15. The molecule has 0 aromatic carbocycles. The molecule has 0 rings (SSSR count). The molecule has 2 nitrogen and oxygen atoms in total. The van der Waals surface area contributed by atoms with Gasteiger partial charge in [0.05, 0.1) is 0 Å². The molecular weight excluding hydrogens is 280 g/mol. The van der Waals surface area contributed by atoms with Crippen molar-refractivity contribution in [1.82, 2.24) is 5.32 Å². The Balaban J connectivity index is 2.98. The normalized spacial score (nSPS) is 11.4. The van der Waals surface area contributed by atoms with Crippen molar-refractivity contribution in [1.29, 1.82) is 0 Å². The Morgan fingerprint density at radius 2 is 1.09 bits per heavy atom. The Morgan fingerprint density at radius 1 is 0.652 bits per heavy atom. The first kappa shape index (κ1) is 22.5. The molecule has 0 aliphatic rings. The molecule has 23 heavy (non-hydrogen) atoms. The fraction of sp³-hybridized carbons (Fsp3) is 0.905. The summed E-state index contributed by atoms with van der Waals surface area (Å²) >= 11 is 0. The van der Waals surface area contributed by atoms with E-state index in [1.54, 1.807) is 0 Å². The Labute approximate surface area is 146 Å². The van der Waals surface area contributed by atoms with Gasteiger partial charge in [-0.2, -0.15) is 0 Å². The van der Waals surface area contributed by atoms with Gasteiger partial charge in [-0.3, -0.25) is 0 Å². The van der Waals surface area contributed by atoms with Crippen LogP contribution >= 0.6 is 0 Å². The van der Waals surface area contributed by atoms with Gasteiger partial charge in [-0.25, -0.2) is 0 Å². The summed E-state index contributed by atoms with van der Waals surface area (Å²) in [4.78, 5) is 0. The number of hydrogen-bond donors (Lipinski definition) is 2. The second-order valence-corrected chi connectivity index (χ2v) is 6.88. The van der Waals surface area contributed by atoms with E-state index >= 15 is 0 Å². The SMILES string of the molecule is CCCCCCCCCCCCCCCCC/C=C/NCCN. The Hall–Kier alpha value is -0.500. The van der Waals surface area contributed by atoms with E-state index in [1.165, 1.54) is 103 Å². The van der Waals surface area contributed by atoms with Crippen molar-refractivity contribution in [3.8, 4) is 0 Å². The lowest BCUT2D eigenvalue weighted by Gasteiger charge is -2.03. The van der Waals surface area contributed by atoms with Crippen LogP contribution in [0.5, 0.6) is 0 Å². The monoisotopic (exact) mass is 324 g/mol. The fourth-order valence-corrected chi connectivity index (χ4v) is 2.97. The largest absolute Gasteiger partial charge is 0.390 e. The third-order valence-electron chi connectivity index (χ3n) is 4.50. The highest BCUT2D eigenvalue weighted by Crippen LogP contribution is 2.13. The zero-order valence-corrected chi connectivity index (χ0v) is 16.0. The highest BCUT2D eigenvalue weighted by molar-refractivity contribution is 4.79. The van der Waals surface area contributed by atoms with Gasteiger partial charge < -0.3 is 11.1 Å². The quantitative estimate of drug-likeness (QED) is 0.273. The van der Waals surface area contributed by atoms with E-state index in [2.05, 4.69) is 24.5 Å². The van der Waals surface area contributed by atoms with Gasteiger partial charge in [0.25, 0.3) is 0 Å². The maximum absolute atomic E-state index is 5.41. The second kappa shape index (κ2) is 21.5. The van der Waals surface area contributed by atoms with Crippen molar-refractivity contribution in [2.75, 3.05) is 13.1 Å². The van der Waals surface area contributed by atoms with Gasteiger partial charge in [0, 0.05) is 13.1 Å². The molecule has 138 valence electrons. The molecule has 0 aromatic rings. The van der Waals surface area contributed by atoms with Crippen LogP contribution < -0.4 is 11.1 Å². The minimum absolute atomic E-state index is 0.712. The molecule has 0 unspecified atom stereocenters. The minimum Gasteiger partial charge on any atom is -0.390 e. The molecule has 0 aliphatic heterocycles. The van der Waals surface area contributed by atoms with E-state index in [9.17, 15) is 0 Å². The summed E-state index contributed by atoms with van der Waals surface area (Å²) in [6.07, 6.45) is 27.0. The van der Waals surface area contributed by atoms with Crippen LogP contribution in [0.2, 0.25) is 0 Å². The first-order valence-electron chi connectivity index (χ1n) is 10.5. The van der Waals surface area contributed by atoms with Crippen molar-refractivity contribution in [3.05, 3.63) is 12.3 Å². The lowest BCUT2D eigenvalue weighted by atomic mass is 10.0. The maximum atomic E-state index is 5.41. The summed E-state index contributed by atoms with van der Waals surface area (Å²) in [6, 6.07) is 0. The third-order valence-corrected chi connectivity index (χ3v) is 4.50. The van der Waals surface area contributed by atoms with Crippen LogP contribution in [-0.2, 0) is 0 Å². The number of nitrogens with one attached hydrogen (secondary N) is 1. The molecule has 0 amide bonds. The predicted octanol–water partition coefficient (Wildman–Crippen LogP) is 6.31. The molecule has 0 aliphatic carbocycles. The first-order valence-corrected chi connectivity index (χ1v) is 10.5. The van der Waals surface area contributed by atoms with Gasteiger partial charge in [-0.05, 0) is 19.0 Å². The highest BCUT2D eigenvalue weighted by Gasteiger charge is 1.94. The summed E-state index contributed by atoms with van der Waals surface area (Å²) in [5, 5.41) is 3.18. The van der Waals surface area contributed by atoms with Crippen molar-refractivity contribution in [3.63, 3.8) is 0 Å². The molecular formula is C21H44N2. The second-order valence-electron chi connectivity index (χ2n) is 6.88. The predicted molar refractivity (Wildman–Crippen MR) is 106 cm³/mol. The lowest BCUT2D eigenvalue weighted by Crippen LogP contribution is -2.16. The zero-order valence-electron chi connectivity index (χ0n) is 16.0. The molecule has 0 saturated heterocycles. The number of rotatable bonds is 19. The summed E-state index contributed by atoms with van der Waals surface area (Å²) in [5.74, 6) is 0. The van der Waals surface area contributed by atoms with Crippen molar-refractivity contribution >= 4 is 0 Å². The van der Waals surface area contributed by atoms with Crippen molar-refractivity contribution < 1.29 is 0 Å². The maximum Gasteiger partial charge on any atom is 0.0264 e. The van der Waals surface area contributed by atoms with Gasteiger partial charge in [0.15, 0.2) is 0 Å². The van der Waals surface area contributed by atoms with Crippen LogP contribution in [0.4, 0.5) is 0 Å². The summed E-state index contributed by atoms with van der Waals surface area (Å²) in [6.45, 7) is 3.89. The van der Waals surface area contributed by atoms with Crippen molar-refractivity contribution in [2.24, 2.45) is 5.73 Å². The minimum atomic E-state index is 0.712. The Kier molecular flexibility index (Phi) is 21.0. The van der Waals surface area contributed by atoms with E-state index in [0.29, 0.717) is 6.54 Å². The Morgan fingerprint density at radius 3 is 1.52 bits per heavy atom. The van der Waals surface area contributed by atoms with Gasteiger partial charge in [0.1, 0.15) is 0 Å². The van der Waals surface area contributed by atoms with E-state index in [-0.39, 0.29) is 0 Å². The average Bonchev–Trinajstić information content (AvgIpc) is 2.57. The number of nitrogens with two attached hydrogens (primary N) is 1. The molecule has 3 N–H and O–H groups in total. The summed E-state index contributed by atoms with van der Waals surface area (Å²) < 4.78 is 0. The molecule has 0 heterocycles. The lowest BCUT2D eigenvalue weighted by molar-refractivity contribution is 0.533. The molecule has 0 saturated carbocycles. The smallest absolute Gasteiger partial charge is 0.0264 e. The van der Waals surface area contributed by atoms with Crippen LogP contribution in [0.25, 0.3) is 0 Å². The van der Waals surface area contributed by atoms with Crippen LogP contribution in [0.1, 0.15) is 110 Å². The summed E-state index contributed by atoms with van der Waals surface area (Å²) in [7, 11) is 0. The fourth-order valence-electron chi connectivity index (χ4n) is 2.97. The van der Waals surface area contributed by atoms with Crippen LogP contribution in [0, 0.1) is 0 Å². The van der Waals surface area contributed by atoms with Crippen LogP contribution in [0.15, 0.2) is 12.3 Å². The van der Waals surface area contributed by atoms with Crippen molar-refractivity contribution in [2.45, 2.75) is 110 Å². The molecule has 0 spiro atoms. The van der Waals surface area contributed by atoms with Gasteiger partial charge >= 0.3 is 0 Å². The van der Waals surface area contributed by atoms with Crippen LogP contribution in [-0.4, -0.2) is 13.1 Å². The van der Waals surface area contributed by atoms with E-state index in [0.717, 1.165) is 6.54 Å². The number of allylic oxidation sites excluding steroid dienone is 1. The molecule has 0 radical (unpaired) electrons. The highest BCUT2D eigenvalue weighted by atomic mass is 14.8. The van der Waals surface area contributed by atoms with Gasteiger partial charge in [0.2, 0.25) is 0 Å².